The number of aliphatic carboxylic acids is 1. The molecule has 5 atom stereocenters. The van der Waals surface area contributed by atoms with Crippen LogP contribution in [0, 0.1) is 17.8 Å². The van der Waals surface area contributed by atoms with Crippen LogP contribution in [0.25, 0.3) is 0 Å². The van der Waals surface area contributed by atoms with Crippen LogP contribution in [0.2, 0.25) is 0 Å². The van der Waals surface area contributed by atoms with Crippen molar-refractivity contribution in [2.24, 2.45) is 39.9 Å². The minimum atomic E-state index is -1.11. The maximum atomic E-state index is 12.3. The largest absolute Gasteiger partial charge is 0.481 e. The van der Waals surface area contributed by atoms with Crippen molar-refractivity contribution in [3.63, 3.8) is 0 Å². The number of nitrogens with two attached hydrogens (primary N) is 3. The molecule has 1 aliphatic rings. The van der Waals surface area contributed by atoms with Gasteiger partial charge in [0.15, 0.2) is 5.96 Å². The van der Waals surface area contributed by atoms with E-state index in [1.807, 2.05) is 13.8 Å². The lowest BCUT2D eigenvalue weighted by Gasteiger charge is -2.36. The highest BCUT2D eigenvalue weighted by Crippen LogP contribution is 2.41. The second kappa shape index (κ2) is 12.2. The molecule has 0 radical (unpaired) electrons. The molecular weight excluding hydrogens is 392 g/mol. The van der Waals surface area contributed by atoms with Crippen LogP contribution in [0.3, 0.4) is 0 Å². The van der Waals surface area contributed by atoms with E-state index in [0.29, 0.717) is 19.5 Å². The molecule has 11 heteroatoms. The summed E-state index contributed by atoms with van der Waals surface area (Å²) in [6.45, 7) is 6.07. The summed E-state index contributed by atoms with van der Waals surface area (Å²) in [4.78, 5) is 40.5. The van der Waals surface area contributed by atoms with E-state index in [9.17, 15) is 19.5 Å². The van der Waals surface area contributed by atoms with E-state index in [0.717, 1.165) is 12.8 Å². The fourth-order valence-electron chi connectivity index (χ4n) is 4.23. The molecule has 172 valence electrons. The first-order valence-corrected chi connectivity index (χ1v) is 10.4. The van der Waals surface area contributed by atoms with Gasteiger partial charge in [0, 0.05) is 25.4 Å². The van der Waals surface area contributed by atoms with Crippen molar-refractivity contribution >= 4 is 23.9 Å². The molecule has 1 aliphatic carbocycles. The maximum Gasteiger partial charge on any atom is 0.407 e. The number of carbonyl (C=O) groups is 3. The highest BCUT2D eigenvalue weighted by Gasteiger charge is 2.53. The standard InChI is InChI=1S/C19H36N6O5/c1-4-11(5-2)15(24-10(3)26)14-13(25-18(21)22)9-12(17(27)28)16(14)30-19(29)23-8-6-7-20/h11-16H,4-9,20H2,1-3H3,(H,23,29)(H,24,26)(H,27,28)(H4,21,22,25)/t12-,13+,14+,15-,16+/m0/s1. The molecule has 11 nitrogen and oxygen atoms in total. The first kappa shape index (κ1) is 25.5. The van der Waals surface area contributed by atoms with E-state index in [1.165, 1.54) is 6.92 Å². The van der Waals surface area contributed by atoms with Gasteiger partial charge >= 0.3 is 12.1 Å². The number of hydrogen-bond donors (Lipinski definition) is 6. The Bertz CT molecular complexity index is 621. The molecule has 0 heterocycles. The Kier molecular flexibility index (Phi) is 10.4. The number of hydrogen-bond acceptors (Lipinski definition) is 6. The molecule has 1 fully saturated rings. The molecule has 0 aromatic heterocycles. The molecule has 0 aromatic carbocycles. The van der Waals surface area contributed by atoms with Crippen LogP contribution in [-0.4, -0.2) is 60.3 Å². The molecule has 0 unspecified atom stereocenters. The Balaban J connectivity index is 3.34. The number of amides is 2. The number of guanidine groups is 1. The summed E-state index contributed by atoms with van der Waals surface area (Å²) in [5.74, 6) is -3.14. The van der Waals surface area contributed by atoms with Crippen LogP contribution in [0.4, 0.5) is 4.79 Å². The van der Waals surface area contributed by atoms with Crippen LogP contribution in [0.1, 0.15) is 46.5 Å². The van der Waals surface area contributed by atoms with E-state index in [1.54, 1.807) is 0 Å². The number of ether oxygens (including phenoxy) is 1. The van der Waals surface area contributed by atoms with Gasteiger partial charge in [-0.3, -0.25) is 9.59 Å². The zero-order chi connectivity index (χ0) is 22.8. The van der Waals surface area contributed by atoms with Gasteiger partial charge in [-0.05, 0) is 25.3 Å². The Morgan fingerprint density at radius 2 is 1.87 bits per heavy atom. The number of carboxylic acids is 1. The lowest BCUT2D eigenvalue weighted by Crippen LogP contribution is -2.52. The molecule has 1 saturated carbocycles. The van der Waals surface area contributed by atoms with Crippen molar-refractivity contribution in [1.82, 2.24) is 10.6 Å². The topological polar surface area (TPSA) is 195 Å². The van der Waals surface area contributed by atoms with Gasteiger partial charge in [-0.15, -0.1) is 0 Å². The molecule has 0 aromatic rings. The lowest BCUT2D eigenvalue weighted by molar-refractivity contribution is -0.145. The summed E-state index contributed by atoms with van der Waals surface area (Å²) in [5.41, 5.74) is 16.6. The SMILES string of the molecule is CCC(CC)[C@H](NC(C)=O)[C@@H]1[C@H](OC(=O)NCCCN)[C@@H](C(=O)O)C[C@H]1N=C(N)N. The van der Waals surface area contributed by atoms with Gasteiger partial charge in [0.05, 0.1) is 12.0 Å². The van der Waals surface area contributed by atoms with Gasteiger partial charge in [-0.2, -0.15) is 0 Å². The first-order chi connectivity index (χ1) is 14.2. The average Bonchev–Trinajstić information content (AvgIpc) is 2.98. The Morgan fingerprint density at radius 3 is 2.33 bits per heavy atom. The summed E-state index contributed by atoms with van der Waals surface area (Å²) in [7, 11) is 0. The van der Waals surface area contributed by atoms with Crippen molar-refractivity contribution in [1.29, 1.82) is 0 Å². The summed E-state index contributed by atoms with van der Waals surface area (Å²) < 4.78 is 5.58. The Morgan fingerprint density at radius 1 is 1.23 bits per heavy atom. The van der Waals surface area contributed by atoms with Crippen molar-refractivity contribution in [3.05, 3.63) is 0 Å². The second-order valence-corrected chi connectivity index (χ2v) is 7.62. The fraction of sp³-hybridized carbons (Fsp3) is 0.789. The van der Waals surface area contributed by atoms with Gasteiger partial charge in [-0.25, -0.2) is 9.79 Å². The predicted octanol–water partition coefficient (Wildman–Crippen LogP) is -0.266. The number of aliphatic imine (C=N–C) groups is 1. The fourth-order valence-corrected chi connectivity index (χ4v) is 4.23. The minimum absolute atomic E-state index is 0.0227. The number of carbonyl (C=O) groups excluding carboxylic acids is 2. The third-order valence-electron chi connectivity index (χ3n) is 5.58. The van der Waals surface area contributed by atoms with Crippen LogP contribution in [0.15, 0.2) is 4.99 Å². The number of nitrogens with zero attached hydrogens (tertiary/aromatic N) is 1. The van der Waals surface area contributed by atoms with Crippen molar-refractivity contribution in [2.45, 2.75) is 64.6 Å². The Hall–Kier alpha value is -2.56. The summed E-state index contributed by atoms with van der Waals surface area (Å²) >= 11 is 0. The molecule has 2 amide bonds. The van der Waals surface area contributed by atoms with Gasteiger partial charge in [-0.1, -0.05) is 26.7 Å². The first-order valence-electron chi connectivity index (χ1n) is 10.4. The number of carboxylic acid groups (broad SMARTS) is 1. The molecule has 0 bridgehead atoms. The third-order valence-corrected chi connectivity index (χ3v) is 5.58. The Labute approximate surface area is 177 Å². The van der Waals surface area contributed by atoms with Crippen LogP contribution in [0.5, 0.6) is 0 Å². The predicted molar refractivity (Wildman–Crippen MR) is 112 cm³/mol. The van der Waals surface area contributed by atoms with E-state index in [4.69, 9.17) is 21.9 Å². The van der Waals surface area contributed by atoms with E-state index < -0.39 is 42.1 Å². The summed E-state index contributed by atoms with van der Waals surface area (Å²) in [5, 5.41) is 15.3. The van der Waals surface area contributed by atoms with Gasteiger partial charge in [0.1, 0.15) is 6.10 Å². The van der Waals surface area contributed by atoms with Gasteiger partial charge in [0.2, 0.25) is 5.91 Å². The van der Waals surface area contributed by atoms with E-state index in [-0.39, 0.29) is 24.2 Å². The van der Waals surface area contributed by atoms with Crippen LogP contribution >= 0.6 is 0 Å². The molecule has 1 rings (SSSR count). The third kappa shape index (κ3) is 7.05. The van der Waals surface area contributed by atoms with Crippen molar-refractivity contribution < 1.29 is 24.2 Å². The number of nitrogens with one attached hydrogen (secondary N) is 2. The normalized spacial score (nSPS) is 24.2. The van der Waals surface area contributed by atoms with E-state index >= 15 is 0 Å². The van der Waals surface area contributed by atoms with Crippen molar-refractivity contribution in [2.75, 3.05) is 13.1 Å². The highest BCUT2D eigenvalue weighted by atomic mass is 16.6. The van der Waals surface area contributed by atoms with Crippen LogP contribution in [-0.2, 0) is 14.3 Å². The molecule has 30 heavy (non-hydrogen) atoms. The van der Waals surface area contributed by atoms with Crippen LogP contribution < -0.4 is 27.8 Å². The van der Waals surface area contributed by atoms with E-state index in [2.05, 4.69) is 15.6 Å². The quantitative estimate of drug-likeness (QED) is 0.147. The van der Waals surface area contributed by atoms with Gasteiger partial charge < -0.3 is 37.7 Å². The summed E-state index contributed by atoms with van der Waals surface area (Å²) in [6, 6.07) is -1.08. The molecule has 9 N–H and O–H groups in total. The van der Waals surface area contributed by atoms with Crippen molar-refractivity contribution in [3.8, 4) is 0 Å². The zero-order valence-corrected chi connectivity index (χ0v) is 18.0. The zero-order valence-electron chi connectivity index (χ0n) is 18.0. The monoisotopic (exact) mass is 428 g/mol. The molecule has 0 aliphatic heterocycles. The number of rotatable bonds is 11. The molecule has 0 spiro atoms. The number of alkyl carbamates (subject to hydrolysis) is 1. The summed E-state index contributed by atoms with van der Waals surface area (Å²) in [6.07, 6.45) is 0.380. The second-order valence-electron chi connectivity index (χ2n) is 7.62. The maximum absolute atomic E-state index is 12.3. The lowest BCUT2D eigenvalue weighted by atomic mass is 9.80. The molecule has 0 saturated heterocycles. The highest BCUT2D eigenvalue weighted by molar-refractivity contribution is 5.77. The van der Waals surface area contributed by atoms with Gasteiger partial charge in [0.25, 0.3) is 0 Å². The molecular formula is C19H36N6O5. The smallest absolute Gasteiger partial charge is 0.407 e. The minimum Gasteiger partial charge on any atom is -0.481 e. The average molecular weight is 429 g/mol.